The lowest BCUT2D eigenvalue weighted by Gasteiger charge is -2.14. The van der Waals surface area contributed by atoms with Crippen LogP contribution in [0.1, 0.15) is 29.8 Å². The second-order valence-corrected chi connectivity index (χ2v) is 7.01. The molecule has 2 aromatic heterocycles. The second kappa shape index (κ2) is 7.46. The zero-order valence-electron chi connectivity index (χ0n) is 15.5. The van der Waals surface area contributed by atoms with Crippen molar-refractivity contribution in [1.82, 2.24) is 23.8 Å². The zero-order valence-corrected chi connectivity index (χ0v) is 16.3. The molecular weight excluding hydrogens is 358 g/mol. The Morgan fingerprint density at radius 1 is 1.11 bits per heavy atom. The van der Waals surface area contributed by atoms with Crippen molar-refractivity contribution in [3.8, 4) is 11.4 Å². The third-order valence-corrected chi connectivity index (χ3v) is 5.32. The van der Waals surface area contributed by atoms with Crippen LogP contribution in [0.5, 0.6) is 5.75 Å². The fourth-order valence-electron chi connectivity index (χ4n) is 3.15. The second-order valence-electron chi connectivity index (χ2n) is 6.49. The topological polar surface area (TPSA) is 64.9 Å². The van der Waals surface area contributed by atoms with Gasteiger partial charge in [0, 0.05) is 23.8 Å². The van der Waals surface area contributed by atoms with Crippen LogP contribution in [0.25, 0.3) is 16.7 Å². The maximum Gasteiger partial charge on any atom is 0.119 e. The molecule has 0 aliphatic carbocycles. The van der Waals surface area contributed by atoms with Gasteiger partial charge in [-0.05, 0) is 55.8 Å². The SMILES string of the molecule is COc1ccc(-n2ncc([C@@H](C)NCc3ccc4nsnc4c3)c2C)cc1. The molecule has 4 aromatic rings. The van der Waals surface area contributed by atoms with Crippen molar-refractivity contribution in [1.29, 1.82) is 0 Å². The summed E-state index contributed by atoms with van der Waals surface area (Å²) in [6.07, 6.45) is 1.94. The smallest absolute Gasteiger partial charge is 0.119 e. The number of hydrogen-bond donors (Lipinski definition) is 1. The summed E-state index contributed by atoms with van der Waals surface area (Å²) >= 11 is 1.25. The molecule has 0 bridgehead atoms. The van der Waals surface area contributed by atoms with Crippen molar-refractivity contribution in [2.45, 2.75) is 26.4 Å². The third-order valence-electron chi connectivity index (χ3n) is 4.76. The van der Waals surface area contributed by atoms with Gasteiger partial charge in [0.1, 0.15) is 16.8 Å². The molecule has 0 aliphatic rings. The highest BCUT2D eigenvalue weighted by Gasteiger charge is 2.14. The van der Waals surface area contributed by atoms with Crippen LogP contribution in [0.3, 0.4) is 0 Å². The molecule has 0 spiro atoms. The predicted octanol–water partition coefficient (Wildman–Crippen LogP) is 4.04. The van der Waals surface area contributed by atoms with E-state index < -0.39 is 0 Å². The van der Waals surface area contributed by atoms with Crippen molar-refractivity contribution < 1.29 is 4.74 Å². The molecule has 0 unspecified atom stereocenters. The highest BCUT2D eigenvalue weighted by atomic mass is 32.1. The first kappa shape index (κ1) is 17.6. The first-order valence-corrected chi connectivity index (χ1v) is 9.52. The van der Waals surface area contributed by atoms with E-state index in [1.807, 2.05) is 41.2 Å². The van der Waals surface area contributed by atoms with Gasteiger partial charge in [0.05, 0.1) is 30.7 Å². The molecule has 6 nitrogen and oxygen atoms in total. The van der Waals surface area contributed by atoms with Crippen LogP contribution in [0.15, 0.2) is 48.7 Å². The van der Waals surface area contributed by atoms with Crippen molar-refractivity contribution in [3.05, 3.63) is 65.5 Å². The quantitative estimate of drug-likeness (QED) is 0.548. The molecule has 0 amide bonds. The highest BCUT2D eigenvalue weighted by molar-refractivity contribution is 7.00. The number of methoxy groups -OCH3 is 1. The molecule has 138 valence electrons. The number of benzene rings is 2. The summed E-state index contributed by atoms with van der Waals surface area (Å²) in [6, 6.07) is 14.3. The minimum absolute atomic E-state index is 0.182. The van der Waals surface area contributed by atoms with Crippen LogP contribution in [-0.2, 0) is 6.54 Å². The van der Waals surface area contributed by atoms with E-state index in [0.29, 0.717) is 0 Å². The lowest BCUT2D eigenvalue weighted by molar-refractivity contribution is 0.414. The van der Waals surface area contributed by atoms with E-state index in [0.717, 1.165) is 34.7 Å². The van der Waals surface area contributed by atoms with Gasteiger partial charge in [-0.25, -0.2) is 4.68 Å². The van der Waals surface area contributed by atoms with Crippen molar-refractivity contribution >= 4 is 22.8 Å². The van der Waals surface area contributed by atoms with Crippen LogP contribution in [0, 0.1) is 6.92 Å². The van der Waals surface area contributed by atoms with Gasteiger partial charge in [-0.15, -0.1) is 0 Å². The van der Waals surface area contributed by atoms with Gasteiger partial charge < -0.3 is 10.1 Å². The largest absolute Gasteiger partial charge is 0.497 e. The summed E-state index contributed by atoms with van der Waals surface area (Å²) in [4.78, 5) is 0. The van der Waals surface area contributed by atoms with E-state index in [1.54, 1.807) is 7.11 Å². The molecule has 0 aliphatic heterocycles. The van der Waals surface area contributed by atoms with E-state index in [2.05, 4.69) is 45.1 Å². The Kier molecular flexibility index (Phi) is 4.87. The van der Waals surface area contributed by atoms with Gasteiger partial charge in [-0.2, -0.15) is 13.8 Å². The maximum absolute atomic E-state index is 5.23. The average Bonchev–Trinajstić information content (AvgIpc) is 3.32. The molecule has 0 saturated heterocycles. The van der Waals surface area contributed by atoms with Gasteiger partial charge in [-0.1, -0.05) is 6.07 Å². The fourth-order valence-corrected chi connectivity index (χ4v) is 3.67. The Bertz CT molecular complexity index is 1050. The highest BCUT2D eigenvalue weighted by Crippen LogP contribution is 2.22. The number of nitrogens with one attached hydrogen (secondary N) is 1. The molecule has 0 saturated carbocycles. The predicted molar refractivity (Wildman–Crippen MR) is 108 cm³/mol. The third kappa shape index (κ3) is 3.56. The monoisotopic (exact) mass is 379 g/mol. The van der Waals surface area contributed by atoms with Crippen molar-refractivity contribution in [2.24, 2.45) is 0 Å². The summed E-state index contributed by atoms with van der Waals surface area (Å²) in [5.41, 5.74) is 6.43. The Labute approximate surface area is 162 Å². The fraction of sp³-hybridized carbons (Fsp3) is 0.250. The molecule has 2 heterocycles. The number of hydrogen-bond acceptors (Lipinski definition) is 6. The summed E-state index contributed by atoms with van der Waals surface area (Å²) in [5, 5.41) is 8.15. The standard InChI is InChI=1S/C20H21N5OS/c1-13(21-11-15-4-9-19-20(10-15)24-27-23-19)18-12-22-25(14(18)2)16-5-7-17(26-3)8-6-16/h4-10,12-13,21H,11H2,1-3H3/t13-/m1/s1. The first-order chi connectivity index (χ1) is 13.2. The first-order valence-electron chi connectivity index (χ1n) is 8.79. The minimum Gasteiger partial charge on any atom is -0.497 e. The molecule has 1 N–H and O–H groups in total. The van der Waals surface area contributed by atoms with Gasteiger partial charge in [0.25, 0.3) is 0 Å². The Morgan fingerprint density at radius 2 is 1.89 bits per heavy atom. The van der Waals surface area contributed by atoms with Crippen LogP contribution >= 0.6 is 11.7 Å². The summed E-state index contributed by atoms with van der Waals surface area (Å²) in [6.45, 7) is 5.02. The molecule has 7 heteroatoms. The molecular formula is C20H21N5OS. The molecule has 27 heavy (non-hydrogen) atoms. The summed E-state index contributed by atoms with van der Waals surface area (Å²) in [5.74, 6) is 0.839. The summed E-state index contributed by atoms with van der Waals surface area (Å²) < 4.78 is 15.7. The van der Waals surface area contributed by atoms with Crippen LogP contribution < -0.4 is 10.1 Å². The normalized spacial score (nSPS) is 12.4. The lowest BCUT2D eigenvalue weighted by Crippen LogP contribution is -2.18. The van der Waals surface area contributed by atoms with E-state index in [4.69, 9.17) is 4.74 Å². The van der Waals surface area contributed by atoms with E-state index in [1.165, 1.54) is 22.9 Å². The van der Waals surface area contributed by atoms with Gasteiger partial charge in [0.15, 0.2) is 0 Å². The van der Waals surface area contributed by atoms with Crippen LogP contribution in [-0.4, -0.2) is 25.6 Å². The molecule has 0 fully saturated rings. The number of aromatic nitrogens is 4. The molecule has 0 radical (unpaired) electrons. The van der Waals surface area contributed by atoms with Gasteiger partial charge >= 0.3 is 0 Å². The lowest BCUT2D eigenvalue weighted by atomic mass is 10.1. The van der Waals surface area contributed by atoms with Crippen LogP contribution in [0.2, 0.25) is 0 Å². The number of nitrogens with zero attached hydrogens (tertiary/aromatic N) is 4. The Balaban J connectivity index is 1.48. The zero-order chi connectivity index (χ0) is 18.8. The van der Waals surface area contributed by atoms with Gasteiger partial charge in [-0.3, -0.25) is 0 Å². The number of fused-ring (bicyclic) bond motifs is 1. The maximum atomic E-state index is 5.23. The molecule has 2 aromatic carbocycles. The van der Waals surface area contributed by atoms with E-state index >= 15 is 0 Å². The Morgan fingerprint density at radius 3 is 2.67 bits per heavy atom. The molecule has 4 rings (SSSR count). The van der Waals surface area contributed by atoms with Crippen molar-refractivity contribution in [2.75, 3.05) is 7.11 Å². The van der Waals surface area contributed by atoms with Crippen molar-refractivity contribution in [3.63, 3.8) is 0 Å². The summed E-state index contributed by atoms with van der Waals surface area (Å²) in [7, 11) is 1.67. The van der Waals surface area contributed by atoms with E-state index in [-0.39, 0.29) is 6.04 Å². The van der Waals surface area contributed by atoms with E-state index in [9.17, 15) is 0 Å². The number of ether oxygens (including phenoxy) is 1. The average molecular weight is 379 g/mol. The van der Waals surface area contributed by atoms with Gasteiger partial charge in [0.2, 0.25) is 0 Å². The minimum atomic E-state index is 0.182. The Hall–Kier alpha value is -2.77. The van der Waals surface area contributed by atoms with Crippen LogP contribution in [0.4, 0.5) is 0 Å². The molecule has 1 atom stereocenters. The number of rotatable bonds is 6.